The van der Waals surface area contributed by atoms with E-state index in [-0.39, 0.29) is 12.5 Å². The molecule has 0 radical (unpaired) electrons. The number of hydrogen-bond donors (Lipinski definition) is 1. The molecule has 1 amide bonds. The number of ether oxygens (including phenoxy) is 2. The average molecular weight is 403 g/mol. The molecule has 1 N–H and O–H groups in total. The van der Waals surface area contributed by atoms with Gasteiger partial charge >= 0.3 is 0 Å². The maximum atomic E-state index is 12.4. The molecule has 0 bridgehead atoms. The number of morpholine rings is 1. The summed E-state index contributed by atoms with van der Waals surface area (Å²) < 4.78 is 11.1. The first kappa shape index (κ1) is 20.5. The van der Waals surface area contributed by atoms with Crippen LogP contribution in [-0.2, 0) is 9.53 Å². The highest BCUT2D eigenvalue weighted by Crippen LogP contribution is 2.30. The molecule has 1 unspecified atom stereocenters. The van der Waals surface area contributed by atoms with Crippen molar-refractivity contribution in [3.05, 3.63) is 53.1 Å². The molecule has 1 fully saturated rings. The van der Waals surface area contributed by atoms with Gasteiger partial charge in [0, 0.05) is 18.1 Å². The Kier molecular flexibility index (Phi) is 7.18. The van der Waals surface area contributed by atoms with E-state index in [1.54, 1.807) is 6.07 Å². The molecule has 2 aromatic rings. The molecule has 150 valence electrons. The predicted octanol–water partition coefficient (Wildman–Crippen LogP) is 4.71. The summed E-state index contributed by atoms with van der Waals surface area (Å²) in [6.07, 6.45) is 1.09. The summed E-state index contributed by atoms with van der Waals surface area (Å²) in [6, 6.07) is 13.4. The number of amides is 1. The van der Waals surface area contributed by atoms with Gasteiger partial charge in [0.25, 0.3) is 5.91 Å². The number of nitrogens with one attached hydrogen (secondary N) is 1. The Morgan fingerprint density at radius 1 is 1.21 bits per heavy atom. The maximum absolute atomic E-state index is 12.4. The standard InChI is InChI=1S/C22H27ClN2O3/c1-3-16(2)17-4-7-19(8-5-17)28-15-22(26)24-20-14-18(23)6-9-21(20)25-10-12-27-13-11-25/h4-9,14,16H,3,10-13,15H2,1-2H3,(H,24,26). The smallest absolute Gasteiger partial charge is 0.262 e. The molecule has 0 aliphatic carbocycles. The summed E-state index contributed by atoms with van der Waals surface area (Å²) in [7, 11) is 0. The number of carbonyl (C=O) groups is 1. The van der Waals surface area contributed by atoms with E-state index < -0.39 is 0 Å². The van der Waals surface area contributed by atoms with Gasteiger partial charge in [-0.3, -0.25) is 4.79 Å². The Labute approximate surface area is 171 Å². The van der Waals surface area contributed by atoms with Crippen molar-refractivity contribution in [1.82, 2.24) is 0 Å². The SMILES string of the molecule is CCC(C)c1ccc(OCC(=O)Nc2cc(Cl)ccc2N2CCOCC2)cc1. The first-order chi connectivity index (χ1) is 13.6. The van der Waals surface area contributed by atoms with Gasteiger partial charge in [-0.2, -0.15) is 0 Å². The summed E-state index contributed by atoms with van der Waals surface area (Å²) in [6.45, 7) is 7.21. The minimum atomic E-state index is -0.220. The second-order valence-electron chi connectivity index (χ2n) is 6.98. The molecule has 1 heterocycles. The lowest BCUT2D eigenvalue weighted by Gasteiger charge is -2.30. The van der Waals surface area contributed by atoms with E-state index >= 15 is 0 Å². The van der Waals surface area contributed by atoms with Gasteiger partial charge in [-0.15, -0.1) is 0 Å². The fourth-order valence-electron chi connectivity index (χ4n) is 3.15. The molecule has 1 aliphatic rings. The molecule has 28 heavy (non-hydrogen) atoms. The van der Waals surface area contributed by atoms with Crippen molar-refractivity contribution in [3.8, 4) is 5.75 Å². The molecule has 6 heteroatoms. The number of carbonyl (C=O) groups excluding carboxylic acids is 1. The predicted molar refractivity (Wildman–Crippen MR) is 114 cm³/mol. The second-order valence-corrected chi connectivity index (χ2v) is 7.41. The van der Waals surface area contributed by atoms with Crippen molar-refractivity contribution >= 4 is 28.9 Å². The van der Waals surface area contributed by atoms with E-state index in [9.17, 15) is 4.79 Å². The number of hydrogen-bond acceptors (Lipinski definition) is 4. The van der Waals surface area contributed by atoms with E-state index in [1.165, 1.54) is 5.56 Å². The van der Waals surface area contributed by atoms with Gasteiger partial charge in [-0.1, -0.05) is 37.6 Å². The van der Waals surface area contributed by atoms with Crippen LogP contribution in [0.2, 0.25) is 5.02 Å². The van der Waals surface area contributed by atoms with Gasteiger partial charge in [0.15, 0.2) is 6.61 Å². The monoisotopic (exact) mass is 402 g/mol. The van der Waals surface area contributed by atoms with Gasteiger partial charge < -0.3 is 19.7 Å². The van der Waals surface area contributed by atoms with Gasteiger partial charge in [0.2, 0.25) is 0 Å². The normalized spacial score (nSPS) is 15.2. The number of benzene rings is 2. The molecule has 1 saturated heterocycles. The van der Waals surface area contributed by atoms with Crippen LogP contribution >= 0.6 is 11.6 Å². The summed E-state index contributed by atoms with van der Waals surface area (Å²) in [5.74, 6) is 0.975. The Morgan fingerprint density at radius 2 is 1.93 bits per heavy atom. The topological polar surface area (TPSA) is 50.8 Å². The Morgan fingerprint density at radius 3 is 2.61 bits per heavy atom. The Bertz CT molecular complexity index is 789. The first-order valence-electron chi connectivity index (χ1n) is 9.71. The highest BCUT2D eigenvalue weighted by Gasteiger charge is 2.17. The van der Waals surface area contributed by atoms with Crippen molar-refractivity contribution in [2.45, 2.75) is 26.2 Å². The third-order valence-corrected chi connectivity index (χ3v) is 5.25. The molecule has 2 aromatic carbocycles. The van der Waals surface area contributed by atoms with E-state index in [1.807, 2.05) is 24.3 Å². The Hall–Kier alpha value is -2.24. The molecule has 0 aromatic heterocycles. The second kappa shape index (κ2) is 9.80. The Balaban J connectivity index is 1.61. The minimum Gasteiger partial charge on any atom is -0.484 e. The van der Waals surface area contributed by atoms with Crippen molar-refractivity contribution in [3.63, 3.8) is 0 Å². The molecule has 0 spiro atoms. The van der Waals surface area contributed by atoms with Crippen LogP contribution in [0, 0.1) is 0 Å². The van der Waals surface area contributed by atoms with E-state index in [2.05, 4.69) is 36.2 Å². The van der Waals surface area contributed by atoms with Crippen LogP contribution in [0.25, 0.3) is 0 Å². The molecular formula is C22H27ClN2O3. The van der Waals surface area contributed by atoms with Crippen molar-refractivity contribution in [2.75, 3.05) is 43.1 Å². The fraction of sp³-hybridized carbons (Fsp3) is 0.409. The van der Waals surface area contributed by atoms with Crippen LogP contribution < -0.4 is 15.0 Å². The molecular weight excluding hydrogens is 376 g/mol. The highest BCUT2D eigenvalue weighted by molar-refractivity contribution is 6.31. The minimum absolute atomic E-state index is 0.0578. The highest BCUT2D eigenvalue weighted by atomic mass is 35.5. The van der Waals surface area contributed by atoms with Gasteiger partial charge in [0.1, 0.15) is 5.75 Å². The van der Waals surface area contributed by atoms with E-state index in [4.69, 9.17) is 21.1 Å². The van der Waals surface area contributed by atoms with Crippen molar-refractivity contribution < 1.29 is 14.3 Å². The summed E-state index contributed by atoms with van der Waals surface area (Å²) in [5.41, 5.74) is 2.91. The van der Waals surface area contributed by atoms with Crippen molar-refractivity contribution in [1.29, 1.82) is 0 Å². The zero-order valence-corrected chi connectivity index (χ0v) is 17.2. The van der Waals surface area contributed by atoms with E-state index in [0.29, 0.717) is 35.6 Å². The first-order valence-corrected chi connectivity index (χ1v) is 10.1. The number of anilines is 2. The quantitative estimate of drug-likeness (QED) is 0.728. The van der Waals surface area contributed by atoms with Gasteiger partial charge in [0.05, 0.1) is 24.6 Å². The number of rotatable bonds is 7. The molecule has 3 rings (SSSR count). The molecule has 5 nitrogen and oxygen atoms in total. The van der Waals surface area contributed by atoms with Crippen LogP contribution in [0.1, 0.15) is 31.7 Å². The van der Waals surface area contributed by atoms with Crippen LogP contribution in [-0.4, -0.2) is 38.8 Å². The third kappa shape index (κ3) is 5.40. The zero-order valence-electron chi connectivity index (χ0n) is 16.4. The maximum Gasteiger partial charge on any atom is 0.262 e. The van der Waals surface area contributed by atoms with Crippen LogP contribution in [0.15, 0.2) is 42.5 Å². The fourth-order valence-corrected chi connectivity index (χ4v) is 3.32. The number of nitrogens with zero attached hydrogens (tertiary/aromatic N) is 1. The van der Waals surface area contributed by atoms with Crippen LogP contribution in [0.3, 0.4) is 0 Å². The zero-order chi connectivity index (χ0) is 19.9. The van der Waals surface area contributed by atoms with Gasteiger partial charge in [-0.05, 0) is 48.2 Å². The summed E-state index contributed by atoms with van der Waals surface area (Å²) in [4.78, 5) is 14.6. The molecule has 1 atom stereocenters. The van der Waals surface area contributed by atoms with Crippen LogP contribution in [0.4, 0.5) is 11.4 Å². The summed E-state index contributed by atoms with van der Waals surface area (Å²) in [5, 5.41) is 3.50. The molecule has 0 saturated carbocycles. The summed E-state index contributed by atoms with van der Waals surface area (Å²) >= 11 is 6.14. The van der Waals surface area contributed by atoms with Crippen molar-refractivity contribution in [2.24, 2.45) is 0 Å². The number of halogens is 1. The third-order valence-electron chi connectivity index (χ3n) is 5.02. The molecule has 1 aliphatic heterocycles. The lowest BCUT2D eigenvalue weighted by Crippen LogP contribution is -2.37. The van der Waals surface area contributed by atoms with Gasteiger partial charge in [-0.25, -0.2) is 0 Å². The average Bonchev–Trinajstić information content (AvgIpc) is 2.73. The lowest BCUT2D eigenvalue weighted by atomic mass is 9.99. The largest absolute Gasteiger partial charge is 0.484 e. The lowest BCUT2D eigenvalue weighted by molar-refractivity contribution is -0.118. The van der Waals surface area contributed by atoms with Crippen LogP contribution in [0.5, 0.6) is 5.75 Å². The van der Waals surface area contributed by atoms with E-state index in [0.717, 1.165) is 25.2 Å².